The lowest BCUT2D eigenvalue weighted by Crippen LogP contribution is -2.44. The molecule has 0 heterocycles. The Labute approximate surface area is 235 Å². The monoisotopic (exact) mass is 544 g/mol. The van der Waals surface area contributed by atoms with Crippen molar-refractivity contribution in [2.75, 3.05) is 46.4 Å². The molecule has 38 heavy (non-hydrogen) atoms. The number of nitrogens with one attached hydrogen (secondary N) is 3. The maximum atomic E-state index is 12.6. The minimum Gasteiger partial charge on any atom is -0.375 e. The molecule has 0 radical (unpaired) electrons. The minimum absolute atomic E-state index is 0.0382. The molecule has 2 atom stereocenters. The third-order valence-electron chi connectivity index (χ3n) is 6.31. The summed E-state index contributed by atoms with van der Waals surface area (Å²) in [6, 6.07) is 0. The molecule has 228 valence electrons. The number of hydrogen-bond acceptors (Lipinski definition) is 6. The first-order valence-electron chi connectivity index (χ1n) is 15.6. The summed E-state index contributed by atoms with van der Waals surface area (Å²) in [4.78, 5) is 22.0. The fourth-order valence-electron chi connectivity index (χ4n) is 3.96. The third kappa shape index (κ3) is 29.3. The van der Waals surface area contributed by atoms with Crippen molar-refractivity contribution in [2.24, 2.45) is 5.73 Å². The molecule has 0 aliphatic heterocycles. The smallest absolute Gasteiger partial charge is 0.251 e. The van der Waals surface area contributed by atoms with Gasteiger partial charge in [0, 0.05) is 26.3 Å². The quantitative estimate of drug-likeness (QED) is 0.0806. The standard InChI is InChI=1S/C26H55N3O3.C4H9NO/c1-4-20-29-26(30)25(32-23-18-14-10-6-8-12-16-21-28-3)24(2)31-22-17-13-9-5-7-11-15-19-27;1-2-3-5-4-6/h24-25,28H,4-23,27H2,1-3H3,(H,29,30);4H,2-3H2,1H3,(H,5,6). The molecule has 0 bridgehead atoms. The predicted octanol–water partition coefficient (Wildman–Crippen LogP) is 5.08. The molecule has 2 unspecified atom stereocenters. The van der Waals surface area contributed by atoms with Gasteiger partial charge in [0.15, 0.2) is 6.10 Å². The molecule has 0 rings (SSSR count). The van der Waals surface area contributed by atoms with Crippen LogP contribution in [0.2, 0.25) is 0 Å². The number of amides is 2. The van der Waals surface area contributed by atoms with E-state index in [0.717, 1.165) is 58.2 Å². The Morgan fingerprint density at radius 1 is 0.737 bits per heavy atom. The molecule has 0 fully saturated rings. The van der Waals surface area contributed by atoms with E-state index in [-0.39, 0.29) is 12.0 Å². The zero-order valence-electron chi connectivity index (χ0n) is 25.5. The van der Waals surface area contributed by atoms with Crippen molar-refractivity contribution < 1.29 is 19.1 Å². The van der Waals surface area contributed by atoms with E-state index in [0.29, 0.717) is 26.2 Å². The van der Waals surface area contributed by atoms with Crippen molar-refractivity contribution in [3.63, 3.8) is 0 Å². The molecule has 5 N–H and O–H groups in total. The van der Waals surface area contributed by atoms with Crippen LogP contribution in [0, 0.1) is 0 Å². The molecule has 0 aliphatic rings. The van der Waals surface area contributed by atoms with Crippen LogP contribution in [0.15, 0.2) is 0 Å². The van der Waals surface area contributed by atoms with E-state index < -0.39 is 6.10 Å². The number of ether oxygens (including phenoxy) is 2. The highest BCUT2D eigenvalue weighted by Gasteiger charge is 2.26. The Kier molecular flexibility index (Phi) is 34.6. The number of carbonyl (C=O) groups is 2. The average molecular weight is 545 g/mol. The number of carbonyl (C=O) groups excluding carboxylic acids is 2. The SMILES string of the molecule is CCCNC(=O)C(OCCCCCCCCCNC)C(C)OCCCCCCCCCN.CCCNC=O. The summed E-state index contributed by atoms with van der Waals surface area (Å²) in [5.41, 5.74) is 5.53. The molecule has 0 aromatic heterocycles. The zero-order chi connectivity index (χ0) is 28.5. The maximum Gasteiger partial charge on any atom is 0.251 e. The summed E-state index contributed by atoms with van der Waals surface area (Å²) in [5.74, 6) is -0.0382. The van der Waals surface area contributed by atoms with Gasteiger partial charge < -0.3 is 31.2 Å². The highest BCUT2D eigenvalue weighted by Crippen LogP contribution is 2.12. The van der Waals surface area contributed by atoms with Gasteiger partial charge in [0.25, 0.3) is 5.91 Å². The van der Waals surface area contributed by atoms with E-state index in [4.69, 9.17) is 15.2 Å². The predicted molar refractivity (Wildman–Crippen MR) is 160 cm³/mol. The highest BCUT2D eigenvalue weighted by atomic mass is 16.5. The van der Waals surface area contributed by atoms with E-state index in [9.17, 15) is 9.59 Å². The van der Waals surface area contributed by atoms with Gasteiger partial charge in [-0.1, -0.05) is 78.1 Å². The van der Waals surface area contributed by atoms with Crippen LogP contribution in [-0.4, -0.2) is 71.0 Å². The van der Waals surface area contributed by atoms with Crippen molar-refractivity contribution in [2.45, 2.75) is 136 Å². The molecule has 2 amide bonds. The highest BCUT2D eigenvalue weighted by molar-refractivity contribution is 5.81. The first-order valence-corrected chi connectivity index (χ1v) is 15.6. The van der Waals surface area contributed by atoms with Crippen LogP contribution in [0.4, 0.5) is 0 Å². The fourth-order valence-corrected chi connectivity index (χ4v) is 3.96. The first-order chi connectivity index (χ1) is 18.6. The van der Waals surface area contributed by atoms with Crippen LogP contribution in [0.5, 0.6) is 0 Å². The molecule has 0 aromatic rings. The largest absolute Gasteiger partial charge is 0.375 e. The second-order valence-electron chi connectivity index (χ2n) is 10.1. The molecule has 8 nitrogen and oxygen atoms in total. The van der Waals surface area contributed by atoms with Crippen molar-refractivity contribution in [3.8, 4) is 0 Å². The van der Waals surface area contributed by atoms with Crippen LogP contribution in [0.25, 0.3) is 0 Å². The summed E-state index contributed by atoms with van der Waals surface area (Å²) in [6.07, 6.45) is 18.9. The van der Waals surface area contributed by atoms with Crippen LogP contribution in [-0.2, 0) is 19.1 Å². The van der Waals surface area contributed by atoms with Gasteiger partial charge >= 0.3 is 0 Å². The number of hydrogen-bond donors (Lipinski definition) is 4. The Morgan fingerprint density at radius 3 is 1.71 bits per heavy atom. The number of unbranched alkanes of at least 4 members (excludes halogenated alkanes) is 12. The van der Waals surface area contributed by atoms with E-state index >= 15 is 0 Å². The van der Waals surface area contributed by atoms with E-state index in [2.05, 4.69) is 22.9 Å². The molecular weight excluding hydrogens is 480 g/mol. The second-order valence-corrected chi connectivity index (χ2v) is 10.1. The zero-order valence-corrected chi connectivity index (χ0v) is 25.5. The van der Waals surface area contributed by atoms with Gasteiger partial charge in [0.05, 0.1) is 6.10 Å². The van der Waals surface area contributed by atoms with E-state index in [1.807, 2.05) is 20.9 Å². The summed E-state index contributed by atoms with van der Waals surface area (Å²) in [7, 11) is 2.01. The molecule has 0 aliphatic carbocycles. The Morgan fingerprint density at radius 2 is 1.24 bits per heavy atom. The summed E-state index contributed by atoms with van der Waals surface area (Å²) < 4.78 is 12.0. The topological polar surface area (TPSA) is 115 Å². The first kappa shape index (κ1) is 38.9. The summed E-state index contributed by atoms with van der Waals surface area (Å²) >= 11 is 0. The van der Waals surface area contributed by atoms with Gasteiger partial charge in [-0.25, -0.2) is 0 Å². The normalized spacial score (nSPS) is 12.3. The van der Waals surface area contributed by atoms with Crippen molar-refractivity contribution in [1.29, 1.82) is 0 Å². The van der Waals surface area contributed by atoms with Gasteiger partial charge in [-0.15, -0.1) is 0 Å². The van der Waals surface area contributed by atoms with Gasteiger partial charge in [0.2, 0.25) is 6.41 Å². The molecule has 8 heteroatoms. The minimum atomic E-state index is -0.514. The van der Waals surface area contributed by atoms with Crippen molar-refractivity contribution >= 4 is 12.3 Å². The molecule has 0 saturated carbocycles. The van der Waals surface area contributed by atoms with Gasteiger partial charge in [-0.05, 0) is 65.6 Å². The van der Waals surface area contributed by atoms with Crippen LogP contribution in [0.1, 0.15) is 124 Å². The molecule has 0 saturated heterocycles. The van der Waals surface area contributed by atoms with Crippen LogP contribution < -0.4 is 21.7 Å². The summed E-state index contributed by atoms with van der Waals surface area (Å²) in [5, 5.41) is 8.69. The second kappa shape index (κ2) is 33.8. The lowest BCUT2D eigenvalue weighted by molar-refractivity contribution is -0.143. The van der Waals surface area contributed by atoms with Crippen LogP contribution >= 0.6 is 0 Å². The molecule has 0 aromatic carbocycles. The lowest BCUT2D eigenvalue weighted by Gasteiger charge is -2.24. The number of nitrogens with two attached hydrogens (primary N) is 1. The molecule has 0 spiro atoms. The molecular formula is C30H64N4O4. The Balaban J connectivity index is 0. The lowest BCUT2D eigenvalue weighted by atomic mass is 10.1. The van der Waals surface area contributed by atoms with Gasteiger partial charge in [0.1, 0.15) is 0 Å². The van der Waals surface area contributed by atoms with Crippen LogP contribution in [0.3, 0.4) is 0 Å². The Hall–Kier alpha value is -1.22. The van der Waals surface area contributed by atoms with Gasteiger partial charge in [-0.3, -0.25) is 9.59 Å². The Bertz CT molecular complexity index is 483. The maximum absolute atomic E-state index is 12.6. The van der Waals surface area contributed by atoms with Crippen molar-refractivity contribution in [1.82, 2.24) is 16.0 Å². The third-order valence-corrected chi connectivity index (χ3v) is 6.31. The van der Waals surface area contributed by atoms with E-state index in [1.165, 1.54) is 64.2 Å². The summed E-state index contributed by atoms with van der Waals surface area (Å²) in [6.45, 7) is 10.8. The average Bonchev–Trinajstić information content (AvgIpc) is 2.92. The number of rotatable bonds is 28. The fraction of sp³-hybridized carbons (Fsp3) is 0.933. The van der Waals surface area contributed by atoms with Gasteiger partial charge in [-0.2, -0.15) is 0 Å². The van der Waals surface area contributed by atoms with Crippen molar-refractivity contribution in [3.05, 3.63) is 0 Å². The van der Waals surface area contributed by atoms with E-state index in [1.54, 1.807) is 0 Å².